The van der Waals surface area contributed by atoms with E-state index in [0.717, 1.165) is 0 Å². The van der Waals surface area contributed by atoms with Crippen molar-refractivity contribution in [3.8, 4) is 0 Å². The van der Waals surface area contributed by atoms with Crippen LogP contribution in [0.3, 0.4) is 0 Å². The first kappa shape index (κ1) is 13.6. The maximum Gasteiger partial charge on any atom is 0.308 e. The smallest absolute Gasteiger partial charge is 0.308 e. The van der Waals surface area contributed by atoms with Gasteiger partial charge in [0.05, 0.1) is 11.5 Å². The van der Waals surface area contributed by atoms with Crippen LogP contribution in [0, 0.1) is 5.92 Å². The summed E-state index contributed by atoms with van der Waals surface area (Å²) < 4.78 is 0.445. The highest BCUT2D eigenvalue weighted by Crippen LogP contribution is 2.12. The highest BCUT2D eigenvalue weighted by atomic mass is 79.9. The third-order valence-corrected chi connectivity index (χ3v) is 2.99. The lowest BCUT2D eigenvalue weighted by atomic mass is 10.1. The first-order valence-corrected chi connectivity index (χ1v) is 5.97. The molecule has 17 heavy (non-hydrogen) atoms. The van der Waals surface area contributed by atoms with Gasteiger partial charge < -0.3 is 10.4 Å². The van der Waals surface area contributed by atoms with E-state index in [4.69, 9.17) is 5.11 Å². The summed E-state index contributed by atoms with van der Waals surface area (Å²) >= 11 is 3.16. The number of aromatic nitrogens is 1. The molecule has 1 aromatic heterocycles. The van der Waals surface area contributed by atoms with Gasteiger partial charge in [-0.25, -0.2) is 4.98 Å². The Hall–Kier alpha value is -1.43. The number of pyridine rings is 1. The predicted octanol–water partition coefficient (Wildman–Crippen LogP) is 1.68. The minimum atomic E-state index is -0.905. The van der Waals surface area contributed by atoms with E-state index in [1.165, 1.54) is 0 Å². The molecule has 0 saturated carbocycles. The number of rotatable bonds is 5. The van der Waals surface area contributed by atoms with Crippen molar-refractivity contribution in [2.24, 2.45) is 5.92 Å². The maximum atomic E-state index is 11.7. The van der Waals surface area contributed by atoms with Gasteiger partial charge in [0.1, 0.15) is 4.60 Å². The van der Waals surface area contributed by atoms with Gasteiger partial charge in [0.2, 0.25) is 0 Å². The molecule has 0 aromatic carbocycles. The number of carboxylic acid groups (broad SMARTS) is 1. The van der Waals surface area contributed by atoms with Crippen molar-refractivity contribution in [1.82, 2.24) is 10.3 Å². The van der Waals surface area contributed by atoms with Crippen molar-refractivity contribution in [1.29, 1.82) is 0 Å². The Bertz CT molecular complexity index is 423. The molecule has 0 bridgehead atoms. The largest absolute Gasteiger partial charge is 0.481 e. The first-order chi connectivity index (χ1) is 8.06. The number of hydrogen-bond acceptors (Lipinski definition) is 3. The Morgan fingerprint density at radius 1 is 1.59 bits per heavy atom. The fourth-order valence-corrected chi connectivity index (χ4v) is 1.70. The van der Waals surface area contributed by atoms with Crippen LogP contribution in [0.4, 0.5) is 0 Å². The third kappa shape index (κ3) is 3.81. The predicted molar refractivity (Wildman–Crippen MR) is 65.7 cm³/mol. The number of nitrogens with one attached hydrogen (secondary N) is 1. The molecule has 1 aromatic rings. The summed E-state index contributed by atoms with van der Waals surface area (Å²) in [6, 6.07) is 3.27. The molecular formula is C11H13BrN2O3. The molecule has 6 heteroatoms. The number of carbonyl (C=O) groups is 2. The zero-order valence-electron chi connectivity index (χ0n) is 9.31. The fraction of sp³-hybridized carbons (Fsp3) is 0.364. The van der Waals surface area contributed by atoms with Crippen LogP contribution in [0.15, 0.2) is 22.9 Å². The molecule has 0 spiro atoms. The summed E-state index contributed by atoms with van der Waals surface area (Å²) in [6.07, 6.45) is 2.04. The molecule has 0 aliphatic rings. The molecule has 0 fully saturated rings. The van der Waals surface area contributed by atoms with Crippen LogP contribution in [0.2, 0.25) is 0 Å². The Morgan fingerprint density at radius 2 is 2.29 bits per heavy atom. The van der Waals surface area contributed by atoms with Crippen LogP contribution in [-0.4, -0.2) is 28.5 Å². The van der Waals surface area contributed by atoms with Gasteiger partial charge >= 0.3 is 5.97 Å². The van der Waals surface area contributed by atoms with Gasteiger partial charge in [-0.1, -0.05) is 6.92 Å². The SMILES string of the molecule is CCC(CNC(=O)c1cccnc1Br)C(=O)O. The molecule has 1 atom stereocenters. The Labute approximate surface area is 107 Å². The van der Waals surface area contributed by atoms with Crippen LogP contribution < -0.4 is 5.32 Å². The van der Waals surface area contributed by atoms with Crippen molar-refractivity contribution in [2.45, 2.75) is 13.3 Å². The second kappa shape index (κ2) is 6.34. The van der Waals surface area contributed by atoms with Crippen molar-refractivity contribution in [2.75, 3.05) is 6.54 Å². The molecule has 1 rings (SSSR count). The van der Waals surface area contributed by atoms with E-state index in [9.17, 15) is 9.59 Å². The number of halogens is 1. The van der Waals surface area contributed by atoms with Gasteiger partial charge in [-0.3, -0.25) is 9.59 Å². The molecule has 0 aliphatic carbocycles. The fourth-order valence-electron chi connectivity index (χ4n) is 1.27. The summed E-state index contributed by atoms with van der Waals surface area (Å²) in [5.74, 6) is -1.79. The summed E-state index contributed by atoms with van der Waals surface area (Å²) in [7, 11) is 0. The number of nitrogens with zero attached hydrogens (tertiary/aromatic N) is 1. The molecule has 5 nitrogen and oxygen atoms in total. The summed E-state index contributed by atoms with van der Waals surface area (Å²) in [6.45, 7) is 1.89. The van der Waals surface area contributed by atoms with Crippen LogP contribution in [0.1, 0.15) is 23.7 Å². The molecule has 1 heterocycles. The zero-order chi connectivity index (χ0) is 12.8. The Balaban J connectivity index is 2.62. The van der Waals surface area contributed by atoms with Crippen molar-refractivity contribution in [3.05, 3.63) is 28.5 Å². The van der Waals surface area contributed by atoms with E-state index in [1.54, 1.807) is 25.3 Å². The lowest BCUT2D eigenvalue weighted by Crippen LogP contribution is -2.32. The van der Waals surface area contributed by atoms with Gasteiger partial charge in [-0.2, -0.15) is 0 Å². The average Bonchev–Trinajstić information content (AvgIpc) is 2.29. The summed E-state index contributed by atoms with van der Waals surface area (Å²) in [4.78, 5) is 26.4. The third-order valence-electron chi connectivity index (χ3n) is 2.35. The molecule has 0 saturated heterocycles. The van der Waals surface area contributed by atoms with Crippen molar-refractivity contribution < 1.29 is 14.7 Å². The molecule has 2 N–H and O–H groups in total. The highest BCUT2D eigenvalue weighted by molar-refractivity contribution is 9.10. The first-order valence-electron chi connectivity index (χ1n) is 5.17. The number of carbonyl (C=O) groups excluding carboxylic acids is 1. The van der Waals surface area contributed by atoms with E-state index in [-0.39, 0.29) is 12.5 Å². The normalized spacial score (nSPS) is 11.9. The van der Waals surface area contributed by atoms with Gasteiger partial charge in [-0.05, 0) is 34.5 Å². The monoisotopic (exact) mass is 300 g/mol. The number of carboxylic acids is 1. The van der Waals surface area contributed by atoms with Crippen molar-refractivity contribution >= 4 is 27.8 Å². The molecule has 92 valence electrons. The minimum absolute atomic E-state index is 0.117. The van der Waals surface area contributed by atoms with Crippen LogP contribution in [0.5, 0.6) is 0 Å². The molecule has 0 aliphatic heterocycles. The molecule has 1 unspecified atom stereocenters. The minimum Gasteiger partial charge on any atom is -0.481 e. The molecule has 1 amide bonds. The lowest BCUT2D eigenvalue weighted by Gasteiger charge is -2.11. The summed E-state index contributed by atoms with van der Waals surface area (Å²) in [5.41, 5.74) is 0.396. The Kier molecular flexibility index (Phi) is 5.09. The quantitative estimate of drug-likeness (QED) is 0.811. The maximum absolute atomic E-state index is 11.7. The molecular weight excluding hydrogens is 288 g/mol. The number of amides is 1. The van der Waals surface area contributed by atoms with E-state index >= 15 is 0 Å². The van der Waals surface area contributed by atoms with E-state index < -0.39 is 11.9 Å². The van der Waals surface area contributed by atoms with Gasteiger partial charge in [0, 0.05) is 12.7 Å². The average molecular weight is 301 g/mol. The van der Waals surface area contributed by atoms with Gasteiger partial charge in [0.15, 0.2) is 0 Å². The van der Waals surface area contributed by atoms with Gasteiger partial charge in [0.25, 0.3) is 5.91 Å². The standard InChI is InChI=1S/C11H13BrN2O3/c1-2-7(11(16)17)6-14-10(15)8-4-3-5-13-9(8)12/h3-5,7H,2,6H2,1H3,(H,14,15)(H,16,17). The number of hydrogen-bond donors (Lipinski definition) is 2. The van der Waals surface area contributed by atoms with E-state index in [2.05, 4.69) is 26.2 Å². The lowest BCUT2D eigenvalue weighted by molar-refractivity contribution is -0.141. The second-order valence-electron chi connectivity index (χ2n) is 3.50. The highest BCUT2D eigenvalue weighted by Gasteiger charge is 2.17. The second-order valence-corrected chi connectivity index (χ2v) is 4.25. The van der Waals surface area contributed by atoms with E-state index in [1.807, 2.05) is 0 Å². The number of aliphatic carboxylic acids is 1. The van der Waals surface area contributed by atoms with E-state index in [0.29, 0.717) is 16.6 Å². The summed E-state index contributed by atoms with van der Waals surface area (Å²) in [5, 5.41) is 11.4. The van der Waals surface area contributed by atoms with Crippen LogP contribution >= 0.6 is 15.9 Å². The van der Waals surface area contributed by atoms with Crippen molar-refractivity contribution in [3.63, 3.8) is 0 Å². The van der Waals surface area contributed by atoms with Crippen LogP contribution in [-0.2, 0) is 4.79 Å². The molecule has 0 radical (unpaired) electrons. The Morgan fingerprint density at radius 3 is 2.82 bits per heavy atom. The van der Waals surface area contributed by atoms with Gasteiger partial charge in [-0.15, -0.1) is 0 Å². The topological polar surface area (TPSA) is 79.3 Å². The van der Waals surface area contributed by atoms with Crippen LogP contribution in [0.25, 0.3) is 0 Å². The zero-order valence-corrected chi connectivity index (χ0v) is 10.9.